The van der Waals surface area contributed by atoms with E-state index in [0.29, 0.717) is 0 Å². The molecular weight excluding hydrogens is 376 g/mol. The molecule has 1 nitrogen and oxygen atoms in total. The van der Waals surface area contributed by atoms with Gasteiger partial charge in [0, 0.05) is 5.56 Å². The molecule has 0 saturated heterocycles. The molecule has 0 aromatic heterocycles. The molecule has 0 amide bonds. The molecule has 74 valence electrons. The molecule has 14 heavy (non-hydrogen) atoms. The lowest BCUT2D eigenvalue weighted by Gasteiger charge is -2.13. The first-order valence-electron chi connectivity index (χ1n) is 3.81. The second-order valence-corrected chi connectivity index (χ2v) is 9.52. The molecule has 0 aliphatic carbocycles. The maximum atomic E-state index is 9.53. The molecule has 0 radical (unpaired) electrons. The highest BCUT2D eigenvalue weighted by atomic mass is 80.0. The number of hydrogen-bond donors (Lipinski definition) is 1. The van der Waals surface area contributed by atoms with E-state index in [0.717, 1.165) is 5.56 Å². The van der Waals surface area contributed by atoms with Gasteiger partial charge in [-0.3, -0.25) is 0 Å². The van der Waals surface area contributed by atoms with Crippen LogP contribution in [0, 0.1) is 11.8 Å². The van der Waals surface area contributed by atoms with E-state index < -0.39 is 8.25 Å². The van der Waals surface area contributed by atoms with E-state index in [4.69, 9.17) is 0 Å². The average Bonchev–Trinajstić information content (AvgIpc) is 2.14. The number of benzene rings is 1. The standard InChI is InChI=1S/C10H7Br3O/c11-10(12,13)9(14)7-6-8-4-2-1-3-5-8/h1-5,9,14H/t9-/m0/s1. The summed E-state index contributed by atoms with van der Waals surface area (Å²) in [5, 5.41) is 9.53. The van der Waals surface area contributed by atoms with Crippen molar-refractivity contribution in [1.82, 2.24) is 0 Å². The van der Waals surface area contributed by atoms with Crippen LogP contribution in [0.1, 0.15) is 5.56 Å². The fourth-order valence-corrected chi connectivity index (χ4v) is 1.10. The quantitative estimate of drug-likeness (QED) is 0.539. The number of aliphatic hydroxyl groups excluding tert-OH is 1. The van der Waals surface area contributed by atoms with Gasteiger partial charge in [0.2, 0.25) is 0 Å². The molecule has 0 heterocycles. The largest absolute Gasteiger partial charge is 0.377 e. The van der Waals surface area contributed by atoms with Gasteiger partial charge in [-0.2, -0.15) is 0 Å². The lowest BCUT2D eigenvalue weighted by molar-refractivity contribution is 0.248. The Bertz CT molecular complexity index is 345. The van der Waals surface area contributed by atoms with Crippen LogP contribution < -0.4 is 0 Å². The highest BCUT2D eigenvalue weighted by molar-refractivity contribution is 9.39. The number of hydrogen-bond acceptors (Lipinski definition) is 1. The first-order chi connectivity index (χ1) is 6.50. The van der Waals surface area contributed by atoms with Crippen LogP contribution in [0.2, 0.25) is 0 Å². The molecule has 0 unspecified atom stereocenters. The third-order valence-corrected chi connectivity index (χ3v) is 2.74. The molecular formula is C10H7Br3O. The van der Waals surface area contributed by atoms with E-state index in [9.17, 15) is 5.11 Å². The molecule has 1 N–H and O–H groups in total. The Morgan fingerprint density at radius 3 is 2.21 bits per heavy atom. The number of rotatable bonds is 0. The van der Waals surface area contributed by atoms with Gasteiger partial charge in [0.25, 0.3) is 0 Å². The van der Waals surface area contributed by atoms with Crippen LogP contribution in [0.15, 0.2) is 30.3 Å². The maximum absolute atomic E-state index is 9.53. The van der Waals surface area contributed by atoms with Gasteiger partial charge >= 0.3 is 0 Å². The van der Waals surface area contributed by atoms with Crippen molar-refractivity contribution in [2.24, 2.45) is 0 Å². The van der Waals surface area contributed by atoms with Crippen molar-refractivity contribution in [2.45, 2.75) is 8.25 Å². The van der Waals surface area contributed by atoms with E-state index in [1.165, 1.54) is 0 Å². The first kappa shape index (κ1) is 12.3. The number of alkyl halides is 3. The Labute approximate surface area is 108 Å². The molecule has 0 fully saturated rings. The minimum Gasteiger partial charge on any atom is -0.377 e. The lowest BCUT2D eigenvalue weighted by Crippen LogP contribution is -2.21. The fourth-order valence-electron chi connectivity index (χ4n) is 0.755. The Hall–Kier alpha value is 0.180. The van der Waals surface area contributed by atoms with Gasteiger partial charge in [0.05, 0.1) is 0 Å². The molecule has 1 rings (SSSR count). The van der Waals surface area contributed by atoms with Crippen molar-refractivity contribution in [1.29, 1.82) is 0 Å². The third-order valence-electron chi connectivity index (χ3n) is 1.44. The van der Waals surface area contributed by atoms with Crippen molar-refractivity contribution < 1.29 is 5.11 Å². The minimum atomic E-state index is -0.831. The zero-order chi connectivity index (χ0) is 10.6. The van der Waals surface area contributed by atoms with Crippen molar-refractivity contribution >= 4 is 47.8 Å². The predicted octanol–water partition coefficient (Wildman–Crippen LogP) is 3.24. The van der Waals surface area contributed by atoms with Gasteiger partial charge in [-0.1, -0.05) is 77.8 Å². The lowest BCUT2D eigenvalue weighted by atomic mass is 10.2. The monoisotopic (exact) mass is 380 g/mol. The topological polar surface area (TPSA) is 20.2 Å². The first-order valence-corrected chi connectivity index (χ1v) is 6.19. The SMILES string of the molecule is O[C@@H](C#Cc1ccccc1)C(Br)(Br)Br. The Morgan fingerprint density at radius 2 is 1.71 bits per heavy atom. The fraction of sp³-hybridized carbons (Fsp3) is 0.200. The van der Waals surface area contributed by atoms with Gasteiger partial charge in [-0.05, 0) is 12.1 Å². The molecule has 0 aliphatic heterocycles. The van der Waals surface area contributed by atoms with Crippen LogP contribution in [-0.4, -0.2) is 13.4 Å². The summed E-state index contributed by atoms with van der Waals surface area (Å²) in [7, 11) is 0. The van der Waals surface area contributed by atoms with Crippen molar-refractivity contribution in [3.05, 3.63) is 35.9 Å². The molecule has 0 bridgehead atoms. The number of halogens is 3. The van der Waals surface area contributed by atoms with E-state index in [-0.39, 0.29) is 0 Å². The predicted molar refractivity (Wildman–Crippen MR) is 68.8 cm³/mol. The van der Waals surface area contributed by atoms with E-state index >= 15 is 0 Å². The summed E-state index contributed by atoms with van der Waals surface area (Å²) in [5.74, 6) is 5.56. The third kappa shape index (κ3) is 4.14. The van der Waals surface area contributed by atoms with Crippen LogP contribution >= 0.6 is 47.8 Å². The highest BCUT2D eigenvalue weighted by Gasteiger charge is 2.26. The summed E-state index contributed by atoms with van der Waals surface area (Å²) in [6.45, 7) is 0. The second kappa shape index (κ2) is 5.32. The highest BCUT2D eigenvalue weighted by Crippen LogP contribution is 2.36. The van der Waals surface area contributed by atoms with Crippen LogP contribution in [-0.2, 0) is 0 Å². The summed E-state index contributed by atoms with van der Waals surface area (Å²) < 4.78 is -0.741. The average molecular weight is 383 g/mol. The smallest absolute Gasteiger partial charge is 0.171 e. The van der Waals surface area contributed by atoms with Crippen molar-refractivity contribution in [2.75, 3.05) is 0 Å². The summed E-state index contributed by atoms with van der Waals surface area (Å²) in [6, 6.07) is 9.50. The second-order valence-electron chi connectivity index (χ2n) is 2.58. The molecule has 0 aliphatic rings. The molecule has 0 spiro atoms. The van der Waals surface area contributed by atoms with Gasteiger partial charge in [0.1, 0.15) is 6.10 Å². The Balaban J connectivity index is 2.74. The molecule has 1 atom stereocenters. The summed E-state index contributed by atoms with van der Waals surface area (Å²) >= 11 is 9.59. The summed E-state index contributed by atoms with van der Waals surface area (Å²) in [4.78, 5) is 0. The van der Waals surface area contributed by atoms with Crippen molar-refractivity contribution in [3.8, 4) is 11.8 Å². The molecule has 1 aromatic carbocycles. The maximum Gasteiger partial charge on any atom is 0.171 e. The van der Waals surface area contributed by atoms with Gasteiger partial charge in [-0.15, -0.1) is 0 Å². The van der Waals surface area contributed by atoms with E-state index in [1.54, 1.807) is 0 Å². The van der Waals surface area contributed by atoms with E-state index in [2.05, 4.69) is 59.6 Å². The van der Waals surface area contributed by atoms with Crippen LogP contribution in [0.4, 0.5) is 0 Å². The van der Waals surface area contributed by atoms with Gasteiger partial charge < -0.3 is 5.11 Å². The minimum absolute atomic E-state index is 0.741. The molecule has 4 heteroatoms. The summed E-state index contributed by atoms with van der Waals surface area (Å²) in [6.07, 6.45) is -0.831. The normalized spacial score (nSPS) is 12.9. The van der Waals surface area contributed by atoms with Crippen LogP contribution in [0.3, 0.4) is 0 Å². The van der Waals surface area contributed by atoms with Gasteiger partial charge in [0.15, 0.2) is 2.14 Å². The zero-order valence-electron chi connectivity index (χ0n) is 7.05. The molecule has 0 saturated carbocycles. The Kier molecular flexibility index (Phi) is 4.65. The van der Waals surface area contributed by atoms with E-state index in [1.807, 2.05) is 30.3 Å². The zero-order valence-corrected chi connectivity index (χ0v) is 11.8. The Morgan fingerprint density at radius 1 is 1.14 bits per heavy atom. The van der Waals surface area contributed by atoms with Crippen LogP contribution in [0.25, 0.3) is 0 Å². The number of aliphatic hydroxyl groups is 1. The van der Waals surface area contributed by atoms with Crippen molar-refractivity contribution in [3.63, 3.8) is 0 Å². The van der Waals surface area contributed by atoms with Crippen LogP contribution in [0.5, 0.6) is 0 Å². The van der Waals surface area contributed by atoms with Gasteiger partial charge in [-0.25, -0.2) is 0 Å². The summed E-state index contributed by atoms with van der Waals surface area (Å²) in [5.41, 5.74) is 0.878. The molecule has 1 aromatic rings.